The van der Waals surface area contributed by atoms with E-state index in [0.29, 0.717) is 0 Å². The molecule has 0 heterocycles. The lowest BCUT2D eigenvalue weighted by atomic mass is 10.3. The molecule has 16 heavy (non-hydrogen) atoms. The maximum Gasteiger partial charge on any atom is 0.573 e. The molecule has 1 aromatic carbocycles. The highest BCUT2D eigenvalue weighted by Gasteiger charge is 2.32. The van der Waals surface area contributed by atoms with Gasteiger partial charge in [0.1, 0.15) is 6.61 Å². The van der Waals surface area contributed by atoms with E-state index in [4.69, 9.17) is 9.84 Å². The molecule has 0 fully saturated rings. The molecule has 90 valence electrons. The average Bonchev–Trinajstić information content (AvgIpc) is 2.14. The molecule has 0 saturated heterocycles. The molecule has 0 amide bonds. The second kappa shape index (κ2) is 5.07. The van der Waals surface area contributed by atoms with Gasteiger partial charge in [-0.15, -0.1) is 13.2 Å². The van der Waals surface area contributed by atoms with Crippen molar-refractivity contribution in [2.45, 2.75) is 19.4 Å². The highest BCUT2D eigenvalue weighted by Crippen LogP contribution is 2.31. The summed E-state index contributed by atoms with van der Waals surface area (Å²) in [5.74, 6) is -0.476. The van der Waals surface area contributed by atoms with Gasteiger partial charge in [0.25, 0.3) is 0 Å². The fourth-order valence-corrected chi connectivity index (χ4v) is 0.989. The number of halogens is 3. The van der Waals surface area contributed by atoms with Crippen molar-refractivity contribution in [2.24, 2.45) is 0 Å². The van der Waals surface area contributed by atoms with Crippen LogP contribution in [0.4, 0.5) is 13.2 Å². The maximum atomic E-state index is 12.0. The summed E-state index contributed by atoms with van der Waals surface area (Å²) in [5.41, 5.74) is 0. The molecular weight excluding hydrogens is 225 g/mol. The normalized spacial score (nSPS) is 13.3. The first-order chi connectivity index (χ1) is 7.38. The quantitative estimate of drug-likeness (QED) is 0.872. The van der Waals surface area contributed by atoms with Gasteiger partial charge in [0.15, 0.2) is 11.5 Å². The lowest BCUT2D eigenvalue weighted by molar-refractivity contribution is -0.275. The van der Waals surface area contributed by atoms with E-state index < -0.39 is 18.2 Å². The Labute approximate surface area is 90.4 Å². The van der Waals surface area contributed by atoms with E-state index in [2.05, 4.69) is 4.74 Å². The Balaban J connectivity index is 2.75. The lowest BCUT2D eigenvalue weighted by Crippen LogP contribution is -2.19. The number of hydrogen-bond acceptors (Lipinski definition) is 3. The summed E-state index contributed by atoms with van der Waals surface area (Å²) < 4.78 is 44.7. The standard InChI is InChI=1S/C10H11F3O3/c1-7(14)6-15-8-4-2-3-5-9(8)16-10(11,12)13/h2-5,7,14H,6H2,1H3. The van der Waals surface area contributed by atoms with Crippen molar-refractivity contribution in [3.8, 4) is 11.5 Å². The summed E-state index contributed by atoms with van der Waals surface area (Å²) >= 11 is 0. The fourth-order valence-electron chi connectivity index (χ4n) is 0.989. The van der Waals surface area contributed by atoms with Crippen LogP contribution in [0.5, 0.6) is 11.5 Å². The van der Waals surface area contributed by atoms with E-state index in [1.807, 2.05) is 0 Å². The van der Waals surface area contributed by atoms with E-state index >= 15 is 0 Å². The molecular formula is C10H11F3O3. The van der Waals surface area contributed by atoms with Gasteiger partial charge < -0.3 is 14.6 Å². The molecule has 0 aliphatic heterocycles. The summed E-state index contributed by atoms with van der Waals surface area (Å²) in [5, 5.41) is 8.95. The van der Waals surface area contributed by atoms with E-state index in [1.54, 1.807) is 0 Å². The van der Waals surface area contributed by atoms with E-state index in [1.165, 1.54) is 25.1 Å². The third-order valence-corrected chi connectivity index (χ3v) is 1.55. The van der Waals surface area contributed by atoms with Gasteiger partial charge in [0.2, 0.25) is 0 Å². The molecule has 0 saturated carbocycles. The molecule has 1 N–H and O–H groups in total. The Kier molecular flexibility index (Phi) is 4.00. The van der Waals surface area contributed by atoms with Crippen molar-refractivity contribution >= 4 is 0 Å². The first kappa shape index (κ1) is 12.6. The van der Waals surface area contributed by atoms with Gasteiger partial charge in [-0.1, -0.05) is 12.1 Å². The van der Waals surface area contributed by atoms with Crippen molar-refractivity contribution in [3.63, 3.8) is 0 Å². The molecule has 0 aliphatic rings. The van der Waals surface area contributed by atoms with Gasteiger partial charge in [-0.05, 0) is 19.1 Å². The Bertz CT molecular complexity index is 336. The number of hydrogen-bond donors (Lipinski definition) is 1. The van der Waals surface area contributed by atoms with E-state index in [0.717, 1.165) is 6.07 Å². The monoisotopic (exact) mass is 236 g/mol. The minimum Gasteiger partial charge on any atom is -0.487 e. The number of aliphatic hydroxyl groups is 1. The van der Waals surface area contributed by atoms with Crippen LogP contribution in [-0.4, -0.2) is 24.2 Å². The number of para-hydroxylation sites is 2. The van der Waals surface area contributed by atoms with E-state index in [9.17, 15) is 13.2 Å². The number of alkyl halides is 3. The Hall–Kier alpha value is -1.43. The van der Waals surface area contributed by atoms with Gasteiger partial charge in [-0.2, -0.15) is 0 Å². The topological polar surface area (TPSA) is 38.7 Å². The molecule has 1 rings (SSSR count). The summed E-state index contributed by atoms with van der Waals surface area (Å²) in [4.78, 5) is 0. The van der Waals surface area contributed by atoms with Crippen LogP contribution in [0.25, 0.3) is 0 Å². The average molecular weight is 236 g/mol. The summed E-state index contributed by atoms with van der Waals surface area (Å²) in [6, 6.07) is 5.39. The summed E-state index contributed by atoms with van der Waals surface area (Å²) in [6.07, 6.45) is -5.52. The van der Waals surface area contributed by atoms with Crippen molar-refractivity contribution in [1.82, 2.24) is 0 Å². The van der Waals surface area contributed by atoms with Gasteiger partial charge in [-0.25, -0.2) is 0 Å². The minimum atomic E-state index is -4.76. The van der Waals surface area contributed by atoms with Crippen LogP contribution in [0, 0.1) is 0 Å². The van der Waals surface area contributed by atoms with Crippen LogP contribution in [0.15, 0.2) is 24.3 Å². The lowest BCUT2D eigenvalue weighted by Gasteiger charge is -2.14. The summed E-state index contributed by atoms with van der Waals surface area (Å²) in [6.45, 7) is 1.37. The zero-order valence-electron chi connectivity index (χ0n) is 8.49. The third kappa shape index (κ3) is 4.39. The Morgan fingerprint density at radius 3 is 2.31 bits per heavy atom. The molecule has 3 nitrogen and oxygen atoms in total. The molecule has 1 unspecified atom stereocenters. The zero-order valence-corrected chi connectivity index (χ0v) is 8.49. The number of aliphatic hydroxyl groups excluding tert-OH is 1. The van der Waals surface area contributed by atoms with Crippen LogP contribution in [0.2, 0.25) is 0 Å². The van der Waals surface area contributed by atoms with Crippen molar-refractivity contribution in [1.29, 1.82) is 0 Å². The van der Waals surface area contributed by atoms with Gasteiger partial charge in [0.05, 0.1) is 6.10 Å². The number of benzene rings is 1. The highest BCUT2D eigenvalue weighted by molar-refractivity contribution is 5.39. The van der Waals surface area contributed by atoms with Crippen molar-refractivity contribution < 1.29 is 27.8 Å². The molecule has 0 aliphatic carbocycles. The highest BCUT2D eigenvalue weighted by atomic mass is 19.4. The Morgan fingerprint density at radius 2 is 1.81 bits per heavy atom. The largest absolute Gasteiger partial charge is 0.573 e. The Morgan fingerprint density at radius 1 is 1.25 bits per heavy atom. The predicted octanol–water partition coefficient (Wildman–Crippen LogP) is 2.34. The van der Waals surface area contributed by atoms with Crippen LogP contribution in [0.3, 0.4) is 0 Å². The zero-order chi connectivity index (χ0) is 12.2. The number of rotatable bonds is 4. The van der Waals surface area contributed by atoms with Crippen molar-refractivity contribution in [3.05, 3.63) is 24.3 Å². The molecule has 0 aromatic heterocycles. The first-order valence-corrected chi connectivity index (χ1v) is 4.54. The van der Waals surface area contributed by atoms with E-state index in [-0.39, 0.29) is 12.4 Å². The van der Waals surface area contributed by atoms with Crippen LogP contribution < -0.4 is 9.47 Å². The van der Waals surface area contributed by atoms with Crippen LogP contribution >= 0.6 is 0 Å². The second-order valence-corrected chi connectivity index (χ2v) is 3.15. The second-order valence-electron chi connectivity index (χ2n) is 3.15. The smallest absolute Gasteiger partial charge is 0.487 e. The molecule has 0 spiro atoms. The van der Waals surface area contributed by atoms with Crippen molar-refractivity contribution in [2.75, 3.05) is 6.61 Å². The molecule has 6 heteroatoms. The van der Waals surface area contributed by atoms with Crippen LogP contribution in [0.1, 0.15) is 6.92 Å². The number of ether oxygens (including phenoxy) is 2. The van der Waals surface area contributed by atoms with Crippen LogP contribution in [-0.2, 0) is 0 Å². The minimum absolute atomic E-state index is 0.0549. The third-order valence-electron chi connectivity index (χ3n) is 1.55. The van der Waals surface area contributed by atoms with Gasteiger partial charge in [-0.3, -0.25) is 0 Å². The predicted molar refractivity (Wildman–Crippen MR) is 50.3 cm³/mol. The maximum absolute atomic E-state index is 12.0. The van der Waals surface area contributed by atoms with Gasteiger partial charge in [0, 0.05) is 0 Å². The molecule has 0 bridgehead atoms. The summed E-state index contributed by atoms with van der Waals surface area (Å²) in [7, 11) is 0. The molecule has 1 atom stereocenters. The molecule has 0 radical (unpaired) electrons. The first-order valence-electron chi connectivity index (χ1n) is 4.54. The fraction of sp³-hybridized carbons (Fsp3) is 0.400. The van der Waals surface area contributed by atoms with Gasteiger partial charge >= 0.3 is 6.36 Å². The molecule has 1 aromatic rings. The SMILES string of the molecule is CC(O)COc1ccccc1OC(F)(F)F.